The summed E-state index contributed by atoms with van der Waals surface area (Å²) in [7, 11) is 0. The van der Waals surface area contributed by atoms with E-state index >= 15 is 0 Å². The van der Waals surface area contributed by atoms with E-state index in [9.17, 15) is 0 Å². The molecule has 2 nitrogen and oxygen atoms in total. The molecule has 0 aromatic heterocycles. The minimum atomic E-state index is 0.495. The van der Waals surface area contributed by atoms with E-state index in [2.05, 4.69) is 319 Å². The van der Waals surface area contributed by atoms with Crippen molar-refractivity contribution in [2.24, 2.45) is 0 Å². The van der Waals surface area contributed by atoms with E-state index in [0.29, 0.717) is 11.8 Å². The summed E-state index contributed by atoms with van der Waals surface area (Å²) < 4.78 is 0. The molecule has 12 rings (SSSR count). The van der Waals surface area contributed by atoms with Crippen molar-refractivity contribution >= 4 is 67.8 Å². The van der Waals surface area contributed by atoms with E-state index in [1.54, 1.807) is 0 Å². The molecule has 0 aliphatic heterocycles. The molecule has 0 N–H and O–H groups in total. The van der Waals surface area contributed by atoms with Crippen LogP contribution in [0.25, 0.3) is 89.3 Å². The molecule has 0 radical (unpaired) electrons. The van der Waals surface area contributed by atoms with Gasteiger partial charge in [0.2, 0.25) is 0 Å². The Balaban J connectivity index is 0.962. The number of rotatable bonds is 32. The van der Waals surface area contributed by atoms with Crippen LogP contribution in [0.1, 0.15) is 183 Å². The lowest BCUT2D eigenvalue weighted by Crippen LogP contribution is -2.10. The zero-order chi connectivity index (χ0) is 68.5. The first kappa shape index (κ1) is 69.2. The molecule has 0 amide bonds. The summed E-state index contributed by atoms with van der Waals surface area (Å²) in [5.41, 5.74) is 27.4. The third kappa shape index (κ3) is 16.0. The second-order valence-electron chi connectivity index (χ2n) is 27.6. The first-order chi connectivity index (χ1) is 48.7. The minimum Gasteiger partial charge on any atom is -0.311 e. The first-order valence-corrected chi connectivity index (χ1v) is 37.5. The number of anilines is 6. The summed E-state index contributed by atoms with van der Waals surface area (Å²) in [5, 5.41) is 5.26. The number of fused-ring (bicyclic) bond motifs is 2. The van der Waals surface area contributed by atoms with Crippen molar-refractivity contribution in [3.05, 3.63) is 301 Å². The fourth-order valence-corrected chi connectivity index (χ4v) is 15.1. The van der Waals surface area contributed by atoms with Crippen LogP contribution in [0.3, 0.4) is 0 Å². The Labute approximate surface area is 593 Å². The van der Waals surface area contributed by atoms with Gasteiger partial charge in [0.25, 0.3) is 0 Å². The Morgan fingerprint density at radius 1 is 0.303 bits per heavy atom. The van der Waals surface area contributed by atoms with Gasteiger partial charge in [0, 0.05) is 34.1 Å². The monoisotopic (exact) mass is 1290 g/mol. The lowest BCUT2D eigenvalue weighted by Gasteiger charge is -2.27. The molecule has 2 heteroatoms. The molecule has 12 aromatic carbocycles. The van der Waals surface area contributed by atoms with E-state index in [1.807, 2.05) is 12.2 Å². The molecule has 1 atom stereocenters. The molecule has 0 heterocycles. The smallest absolute Gasteiger partial charge is 0.0462 e. The first-order valence-electron chi connectivity index (χ1n) is 37.5. The van der Waals surface area contributed by atoms with Crippen molar-refractivity contribution < 1.29 is 0 Å². The molecule has 0 aliphatic rings. The van der Waals surface area contributed by atoms with Gasteiger partial charge in [-0.1, -0.05) is 301 Å². The highest BCUT2D eigenvalue weighted by Gasteiger charge is 2.24. The van der Waals surface area contributed by atoms with Crippen molar-refractivity contribution in [1.82, 2.24) is 0 Å². The maximum absolute atomic E-state index is 3.98. The lowest BCUT2D eigenvalue weighted by atomic mass is 9.80. The minimum absolute atomic E-state index is 0.495. The Morgan fingerprint density at radius 2 is 0.596 bits per heavy atom. The standard InChI is InChI=1S/C97H102N2/c1-9-16-18-20-22-24-30-82-68-94(80-52-64-88(65-53-80)98(84-56-44-74(45-57-84)70(8)11-3)86-60-48-78(49-61-86)76-40-36-71(12-4)37-41-76)90-32-26-28-34-92(90)96(82)97-83(31-25-23-21-19-17-10-2)69-95(91-33-27-29-35-93(91)97)81-54-66-89(67-55-81)99(85-58-46-75(47-59-85)73(14-6)15-7)87-62-50-79(51-63-87)77-42-38-72(13-5)39-43-77/h12-13,26-29,32-70,73H,4-5,9-11,14-25,30-31H2,1-3,6-8H3. The van der Waals surface area contributed by atoms with E-state index in [4.69, 9.17) is 0 Å². The van der Waals surface area contributed by atoms with Crippen LogP contribution in [0, 0.1) is 0 Å². The summed E-state index contributed by atoms with van der Waals surface area (Å²) in [6.07, 6.45) is 24.2. The molecule has 0 aliphatic carbocycles. The molecular weight excluding hydrogens is 1190 g/mol. The van der Waals surface area contributed by atoms with E-state index < -0.39 is 0 Å². The molecule has 12 aromatic rings. The van der Waals surface area contributed by atoms with Gasteiger partial charge in [-0.15, -0.1) is 0 Å². The van der Waals surface area contributed by atoms with E-state index in [-0.39, 0.29) is 0 Å². The summed E-state index contributed by atoms with van der Waals surface area (Å²) in [6, 6.07) is 97.0. The van der Waals surface area contributed by atoms with Gasteiger partial charge in [0.15, 0.2) is 0 Å². The van der Waals surface area contributed by atoms with Gasteiger partial charge in [-0.3, -0.25) is 0 Å². The molecule has 0 saturated heterocycles. The van der Waals surface area contributed by atoms with Gasteiger partial charge in [-0.2, -0.15) is 0 Å². The fourth-order valence-electron chi connectivity index (χ4n) is 15.1. The third-order valence-corrected chi connectivity index (χ3v) is 21.1. The van der Waals surface area contributed by atoms with Crippen LogP contribution < -0.4 is 9.80 Å². The molecular formula is C97H102N2. The van der Waals surface area contributed by atoms with Crippen molar-refractivity contribution in [2.45, 2.75) is 163 Å². The van der Waals surface area contributed by atoms with Crippen LogP contribution in [0.2, 0.25) is 0 Å². The van der Waals surface area contributed by atoms with Gasteiger partial charge < -0.3 is 9.80 Å². The van der Waals surface area contributed by atoms with Crippen molar-refractivity contribution in [2.75, 3.05) is 9.80 Å². The highest BCUT2D eigenvalue weighted by atomic mass is 15.1. The zero-order valence-corrected chi connectivity index (χ0v) is 59.9. The number of hydrogen-bond acceptors (Lipinski definition) is 2. The maximum atomic E-state index is 3.98. The molecule has 1 unspecified atom stereocenters. The highest BCUT2D eigenvalue weighted by molar-refractivity contribution is 6.14. The summed E-state index contributed by atoms with van der Waals surface area (Å²) >= 11 is 0. The quantitative estimate of drug-likeness (QED) is 0.0388. The van der Waals surface area contributed by atoms with E-state index in [1.165, 1.54) is 164 Å². The SMILES string of the molecule is C=Cc1ccc(-c2ccc(N(c3ccc(-c4cc(CCCCCCCC)c(-c5c(CCCCCCCC)cc(-c6ccc(N(c7ccc(-c8ccc(C=C)cc8)cc7)c7ccc(C(CC)CC)cc7)cc6)c6ccccc56)c5ccccc45)cc3)c3ccc(C(C)CC)cc3)cc2)cc1. The number of hydrogen-bond donors (Lipinski definition) is 0. The fraction of sp³-hybridized carbons (Fsp3) is 0.258. The molecule has 0 bridgehead atoms. The average molecular weight is 1300 g/mol. The second-order valence-corrected chi connectivity index (χ2v) is 27.6. The van der Waals surface area contributed by atoms with Crippen LogP contribution >= 0.6 is 0 Å². The maximum Gasteiger partial charge on any atom is 0.0462 e. The lowest BCUT2D eigenvalue weighted by molar-refractivity contribution is 0.607. The van der Waals surface area contributed by atoms with Crippen molar-refractivity contribution in [3.63, 3.8) is 0 Å². The van der Waals surface area contributed by atoms with Crippen molar-refractivity contribution in [1.29, 1.82) is 0 Å². The molecule has 99 heavy (non-hydrogen) atoms. The molecule has 0 saturated carbocycles. The summed E-state index contributed by atoms with van der Waals surface area (Å²) in [4.78, 5) is 4.85. The number of nitrogens with zero attached hydrogens (tertiary/aromatic N) is 2. The van der Waals surface area contributed by atoms with Crippen LogP contribution in [0.4, 0.5) is 34.1 Å². The Bertz CT molecular complexity index is 4570. The van der Waals surface area contributed by atoms with Gasteiger partial charge in [-0.05, 0) is 252 Å². The van der Waals surface area contributed by atoms with Gasteiger partial charge >= 0.3 is 0 Å². The largest absolute Gasteiger partial charge is 0.311 e. The molecule has 0 spiro atoms. The van der Waals surface area contributed by atoms with E-state index in [0.717, 1.165) is 90.2 Å². The predicted molar refractivity (Wildman–Crippen MR) is 434 cm³/mol. The zero-order valence-electron chi connectivity index (χ0n) is 59.9. The van der Waals surface area contributed by atoms with Crippen LogP contribution in [-0.4, -0.2) is 0 Å². The van der Waals surface area contributed by atoms with Gasteiger partial charge in [-0.25, -0.2) is 0 Å². The van der Waals surface area contributed by atoms with Crippen LogP contribution in [0.5, 0.6) is 0 Å². The number of benzene rings is 12. The summed E-state index contributed by atoms with van der Waals surface area (Å²) in [6.45, 7) is 21.8. The average Bonchev–Trinajstić information content (AvgIpc) is 0.731. The van der Waals surface area contributed by atoms with Gasteiger partial charge in [0.05, 0.1) is 0 Å². The van der Waals surface area contributed by atoms with Crippen LogP contribution in [-0.2, 0) is 12.8 Å². The van der Waals surface area contributed by atoms with Gasteiger partial charge in [0.1, 0.15) is 0 Å². The predicted octanol–water partition coefficient (Wildman–Crippen LogP) is 29.8. The topological polar surface area (TPSA) is 6.48 Å². The Kier molecular flexibility index (Phi) is 23.5. The normalized spacial score (nSPS) is 11.7. The second kappa shape index (κ2) is 33.7. The third-order valence-electron chi connectivity index (χ3n) is 21.1. The number of unbranched alkanes of at least 4 members (excludes halogenated alkanes) is 10. The summed E-state index contributed by atoms with van der Waals surface area (Å²) in [5.74, 6) is 1.04. The van der Waals surface area contributed by atoms with Crippen LogP contribution in [0.15, 0.2) is 268 Å². The highest BCUT2D eigenvalue weighted by Crippen LogP contribution is 2.48. The van der Waals surface area contributed by atoms with Crippen molar-refractivity contribution in [3.8, 4) is 55.6 Å². The Hall–Kier alpha value is -9.76. The molecule has 500 valence electrons. The number of aryl methyl sites for hydroxylation is 2. The molecule has 0 fully saturated rings. The Morgan fingerprint density at radius 3 is 0.919 bits per heavy atom.